The number of anilines is 1. The van der Waals surface area contributed by atoms with E-state index in [2.05, 4.69) is 15.5 Å². The van der Waals surface area contributed by atoms with Crippen molar-refractivity contribution in [1.29, 1.82) is 0 Å². The van der Waals surface area contributed by atoms with Gasteiger partial charge in [0.15, 0.2) is 0 Å². The number of nitrogens with zero attached hydrogens (tertiary/aromatic N) is 2. The summed E-state index contributed by atoms with van der Waals surface area (Å²) in [6.07, 6.45) is 0. The summed E-state index contributed by atoms with van der Waals surface area (Å²) in [5.74, 6) is 0.302. The Morgan fingerprint density at radius 2 is 1.90 bits per heavy atom. The first-order chi connectivity index (χ1) is 10.2. The summed E-state index contributed by atoms with van der Waals surface area (Å²) in [6, 6.07) is 11.6. The van der Waals surface area contributed by atoms with Crippen LogP contribution in [0.15, 0.2) is 47.0 Å². The molecule has 0 aliphatic heterocycles. The molecule has 0 unspecified atom stereocenters. The zero-order valence-corrected chi connectivity index (χ0v) is 11.9. The van der Waals surface area contributed by atoms with Crippen LogP contribution in [0, 0.1) is 5.82 Å². The third kappa shape index (κ3) is 2.73. The van der Waals surface area contributed by atoms with Crippen molar-refractivity contribution in [2.45, 2.75) is 0 Å². The standard InChI is InChI=1S/C15H11ClFN3O/c1-18-11-5-2-9(3-6-11)15-19-14(20-21-15)12-7-4-10(17)8-13(12)16/h2-8,18H,1H3. The molecule has 3 rings (SSSR count). The van der Waals surface area contributed by atoms with E-state index in [1.165, 1.54) is 18.2 Å². The van der Waals surface area contributed by atoms with Gasteiger partial charge in [0.2, 0.25) is 5.82 Å². The molecule has 2 aromatic carbocycles. The molecule has 4 nitrogen and oxygen atoms in total. The second kappa shape index (κ2) is 5.54. The van der Waals surface area contributed by atoms with E-state index >= 15 is 0 Å². The van der Waals surface area contributed by atoms with Crippen molar-refractivity contribution in [2.75, 3.05) is 12.4 Å². The molecule has 0 saturated carbocycles. The van der Waals surface area contributed by atoms with Crippen LogP contribution in [0.25, 0.3) is 22.8 Å². The highest BCUT2D eigenvalue weighted by Gasteiger charge is 2.13. The molecule has 0 aliphatic carbocycles. The summed E-state index contributed by atoms with van der Waals surface area (Å²) in [5.41, 5.74) is 2.31. The van der Waals surface area contributed by atoms with E-state index in [1.54, 1.807) is 0 Å². The van der Waals surface area contributed by atoms with Crippen molar-refractivity contribution < 1.29 is 8.91 Å². The summed E-state index contributed by atoms with van der Waals surface area (Å²) in [4.78, 5) is 4.29. The first kappa shape index (κ1) is 13.6. The van der Waals surface area contributed by atoms with Gasteiger partial charge in [-0.05, 0) is 42.5 Å². The van der Waals surface area contributed by atoms with Gasteiger partial charge in [-0.15, -0.1) is 0 Å². The number of aromatic nitrogens is 2. The molecule has 0 aliphatic rings. The van der Waals surface area contributed by atoms with E-state index in [-0.39, 0.29) is 5.02 Å². The van der Waals surface area contributed by atoms with Gasteiger partial charge < -0.3 is 9.84 Å². The highest BCUT2D eigenvalue weighted by molar-refractivity contribution is 6.33. The average Bonchev–Trinajstić information content (AvgIpc) is 2.97. The molecule has 1 aromatic heterocycles. The fraction of sp³-hybridized carbons (Fsp3) is 0.0667. The van der Waals surface area contributed by atoms with E-state index < -0.39 is 5.82 Å². The molecule has 3 aromatic rings. The maximum atomic E-state index is 13.1. The second-order valence-corrected chi connectivity index (χ2v) is 4.78. The van der Waals surface area contributed by atoms with E-state index in [0.717, 1.165) is 11.3 Å². The van der Waals surface area contributed by atoms with Gasteiger partial charge in [-0.25, -0.2) is 4.39 Å². The third-order valence-electron chi connectivity index (χ3n) is 3.02. The van der Waals surface area contributed by atoms with Crippen molar-refractivity contribution in [3.05, 3.63) is 53.3 Å². The fourth-order valence-electron chi connectivity index (χ4n) is 1.90. The first-order valence-corrected chi connectivity index (χ1v) is 6.62. The highest BCUT2D eigenvalue weighted by atomic mass is 35.5. The molecular weight excluding hydrogens is 293 g/mol. The van der Waals surface area contributed by atoms with E-state index in [4.69, 9.17) is 16.1 Å². The largest absolute Gasteiger partial charge is 0.388 e. The Morgan fingerprint density at radius 1 is 1.14 bits per heavy atom. The zero-order valence-electron chi connectivity index (χ0n) is 11.1. The van der Waals surface area contributed by atoms with Gasteiger partial charge in [0, 0.05) is 23.9 Å². The van der Waals surface area contributed by atoms with Crippen LogP contribution >= 0.6 is 11.6 Å². The SMILES string of the molecule is CNc1ccc(-c2nc(-c3ccc(F)cc3Cl)no2)cc1. The third-order valence-corrected chi connectivity index (χ3v) is 3.33. The van der Waals surface area contributed by atoms with Crippen LogP contribution in [0.2, 0.25) is 5.02 Å². The minimum Gasteiger partial charge on any atom is -0.388 e. The fourth-order valence-corrected chi connectivity index (χ4v) is 2.15. The van der Waals surface area contributed by atoms with Crippen molar-refractivity contribution in [2.24, 2.45) is 0 Å². The highest BCUT2D eigenvalue weighted by Crippen LogP contribution is 2.28. The number of hydrogen-bond acceptors (Lipinski definition) is 4. The summed E-state index contributed by atoms with van der Waals surface area (Å²) in [6.45, 7) is 0. The molecule has 0 bridgehead atoms. The van der Waals surface area contributed by atoms with Gasteiger partial charge in [-0.3, -0.25) is 0 Å². The van der Waals surface area contributed by atoms with Crippen LogP contribution in [0.5, 0.6) is 0 Å². The Balaban J connectivity index is 1.95. The lowest BCUT2D eigenvalue weighted by Crippen LogP contribution is -1.87. The molecular formula is C15H11ClFN3O. The maximum Gasteiger partial charge on any atom is 0.258 e. The van der Waals surface area contributed by atoms with Gasteiger partial charge >= 0.3 is 0 Å². The lowest BCUT2D eigenvalue weighted by atomic mass is 10.2. The smallest absolute Gasteiger partial charge is 0.258 e. The minimum atomic E-state index is -0.407. The van der Waals surface area contributed by atoms with Crippen molar-refractivity contribution in [1.82, 2.24) is 10.1 Å². The van der Waals surface area contributed by atoms with Crippen LogP contribution in [0.4, 0.5) is 10.1 Å². The quantitative estimate of drug-likeness (QED) is 0.786. The van der Waals surface area contributed by atoms with Crippen LogP contribution in [-0.4, -0.2) is 17.2 Å². The molecule has 0 saturated heterocycles. The van der Waals surface area contributed by atoms with Crippen molar-refractivity contribution in [3.8, 4) is 22.8 Å². The summed E-state index contributed by atoms with van der Waals surface area (Å²) < 4.78 is 18.3. The summed E-state index contributed by atoms with van der Waals surface area (Å²) >= 11 is 5.99. The van der Waals surface area contributed by atoms with E-state index in [9.17, 15) is 4.39 Å². The molecule has 0 atom stereocenters. The van der Waals surface area contributed by atoms with Gasteiger partial charge in [-0.2, -0.15) is 4.98 Å². The molecule has 0 amide bonds. The molecule has 0 radical (unpaired) electrons. The van der Waals surface area contributed by atoms with Gasteiger partial charge in [0.05, 0.1) is 5.02 Å². The molecule has 0 fully saturated rings. The van der Waals surface area contributed by atoms with Crippen LogP contribution in [0.1, 0.15) is 0 Å². The van der Waals surface area contributed by atoms with Crippen LogP contribution in [0.3, 0.4) is 0 Å². The number of hydrogen-bond donors (Lipinski definition) is 1. The summed E-state index contributed by atoms with van der Waals surface area (Å²) in [5, 5.41) is 7.16. The molecule has 1 heterocycles. The number of benzene rings is 2. The van der Waals surface area contributed by atoms with Gasteiger partial charge in [-0.1, -0.05) is 16.8 Å². The van der Waals surface area contributed by atoms with Crippen LogP contribution in [-0.2, 0) is 0 Å². The average molecular weight is 304 g/mol. The van der Waals surface area contributed by atoms with E-state index in [1.807, 2.05) is 31.3 Å². The molecule has 106 valence electrons. The van der Waals surface area contributed by atoms with Gasteiger partial charge in [0.25, 0.3) is 5.89 Å². The Morgan fingerprint density at radius 3 is 2.57 bits per heavy atom. The van der Waals surface area contributed by atoms with E-state index in [0.29, 0.717) is 17.3 Å². The lowest BCUT2D eigenvalue weighted by molar-refractivity contribution is 0.432. The Hall–Kier alpha value is -2.40. The second-order valence-electron chi connectivity index (χ2n) is 4.37. The maximum absolute atomic E-state index is 13.1. The van der Waals surface area contributed by atoms with Gasteiger partial charge in [0.1, 0.15) is 5.82 Å². The Kier molecular flexibility index (Phi) is 3.58. The van der Waals surface area contributed by atoms with Crippen molar-refractivity contribution >= 4 is 17.3 Å². The zero-order chi connectivity index (χ0) is 14.8. The molecule has 6 heteroatoms. The Labute approximate surface area is 125 Å². The first-order valence-electron chi connectivity index (χ1n) is 6.24. The molecule has 1 N–H and O–H groups in total. The Bertz CT molecular complexity index is 771. The minimum absolute atomic E-state index is 0.243. The number of halogens is 2. The topological polar surface area (TPSA) is 51.0 Å². The number of nitrogens with one attached hydrogen (secondary N) is 1. The van der Waals surface area contributed by atoms with Crippen LogP contribution < -0.4 is 5.32 Å². The normalized spacial score (nSPS) is 10.6. The molecule has 21 heavy (non-hydrogen) atoms. The lowest BCUT2D eigenvalue weighted by Gasteiger charge is -1.99. The van der Waals surface area contributed by atoms with Crippen molar-refractivity contribution in [3.63, 3.8) is 0 Å². The molecule has 0 spiro atoms. The number of rotatable bonds is 3. The predicted molar refractivity (Wildman–Crippen MR) is 79.7 cm³/mol. The predicted octanol–water partition coefficient (Wildman–Crippen LogP) is 4.24. The summed E-state index contributed by atoms with van der Waals surface area (Å²) in [7, 11) is 1.84. The monoisotopic (exact) mass is 303 g/mol.